The van der Waals surface area contributed by atoms with E-state index in [0.29, 0.717) is 13.0 Å². The van der Waals surface area contributed by atoms with E-state index >= 15 is 0 Å². The van der Waals surface area contributed by atoms with Gasteiger partial charge < -0.3 is 15.3 Å². The van der Waals surface area contributed by atoms with Crippen LogP contribution in [0.25, 0.3) is 0 Å². The summed E-state index contributed by atoms with van der Waals surface area (Å²) in [5.41, 5.74) is 1.12. The summed E-state index contributed by atoms with van der Waals surface area (Å²) in [6.45, 7) is 1.73. The van der Waals surface area contributed by atoms with E-state index in [9.17, 15) is 19.5 Å². The number of pyridine rings is 1. The fourth-order valence-corrected chi connectivity index (χ4v) is 3.68. The Morgan fingerprint density at radius 3 is 2.66 bits per heavy atom. The number of nitrogens with zero attached hydrogens (tertiary/aromatic N) is 2. The minimum Gasteiger partial charge on any atom is -0.480 e. The van der Waals surface area contributed by atoms with Crippen LogP contribution in [-0.2, 0) is 20.8 Å². The molecule has 1 saturated heterocycles. The largest absolute Gasteiger partial charge is 0.480 e. The molecule has 1 saturated carbocycles. The number of nitrogens with one attached hydrogen (secondary N) is 1. The monoisotopic (exact) mass is 397 g/mol. The third kappa shape index (κ3) is 5.80. The van der Waals surface area contributed by atoms with Crippen molar-refractivity contribution < 1.29 is 19.5 Å². The Labute approximate surface area is 170 Å². The number of aromatic nitrogens is 1. The number of carboxylic acids is 1. The molecule has 0 bridgehead atoms. The van der Waals surface area contributed by atoms with Gasteiger partial charge in [0.05, 0.1) is 0 Å². The SMILES string of the molecule is CC(=O)N[C@@H](C(=O)O)[C@H](C#CC1CC1)N1CCC[C@@H](CCc2ccncc2)C1=O. The summed E-state index contributed by atoms with van der Waals surface area (Å²) >= 11 is 0. The molecule has 1 aliphatic heterocycles. The number of piperidine rings is 1. The lowest BCUT2D eigenvalue weighted by atomic mass is 9.89. The van der Waals surface area contributed by atoms with E-state index in [4.69, 9.17) is 0 Å². The van der Waals surface area contributed by atoms with Crippen LogP contribution in [0.1, 0.15) is 44.6 Å². The Bertz CT molecular complexity index is 810. The maximum absolute atomic E-state index is 13.2. The lowest BCUT2D eigenvalue weighted by molar-refractivity contribution is -0.147. The number of amides is 2. The predicted octanol–water partition coefficient (Wildman–Crippen LogP) is 1.62. The van der Waals surface area contributed by atoms with Gasteiger partial charge >= 0.3 is 5.97 Å². The summed E-state index contributed by atoms with van der Waals surface area (Å²) in [6, 6.07) is 1.79. The number of carbonyl (C=O) groups is 3. The van der Waals surface area contributed by atoms with E-state index in [0.717, 1.165) is 37.7 Å². The molecular formula is C22H27N3O4. The van der Waals surface area contributed by atoms with Gasteiger partial charge in [-0.2, -0.15) is 0 Å². The molecule has 154 valence electrons. The standard InChI is InChI=1S/C22H27N3O4/c1-15(26)24-20(22(28)29)19(9-7-16-4-5-16)25-14-2-3-18(21(25)27)8-6-17-10-12-23-13-11-17/h10-13,16,18-20H,2-6,8,14H2,1H3,(H,24,26)(H,28,29)/t18-,19-,20+/m0/s1. The number of hydrogen-bond acceptors (Lipinski definition) is 4. The van der Waals surface area contributed by atoms with Crippen molar-refractivity contribution in [1.29, 1.82) is 0 Å². The Morgan fingerprint density at radius 1 is 1.31 bits per heavy atom. The van der Waals surface area contributed by atoms with E-state index in [-0.39, 0.29) is 17.7 Å². The maximum Gasteiger partial charge on any atom is 0.329 e. The molecule has 0 unspecified atom stereocenters. The summed E-state index contributed by atoms with van der Waals surface area (Å²) in [6.07, 6.45) is 8.50. The Kier molecular flexibility index (Phi) is 6.86. The molecule has 7 nitrogen and oxygen atoms in total. The lowest BCUT2D eigenvalue weighted by Crippen LogP contribution is -2.58. The van der Waals surface area contributed by atoms with Crippen molar-refractivity contribution in [2.24, 2.45) is 11.8 Å². The van der Waals surface area contributed by atoms with Gasteiger partial charge in [-0.3, -0.25) is 14.6 Å². The minimum atomic E-state index is -1.23. The van der Waals surface area contributed by atoms with Crippen LogP contribution < -0.4 is 5.32 Å². The molecule has 0 spiro atoms. The van der Waals surface area contributed by atoms with Crippen LogP contribution in [0.4, 0.5) is 0 Å². The van der Waals surface area contributed by atoms with Crippen LogP contribution in [0.2, 0.25) is 0 Å². The van der Waals surface area contributed by atoms with E-state index in [1.807, 2.05) is 12.1 Å². The smallest absolute Gasteiger partial charge is 0.329 e. The molecule has 2 N–H and O–H groups in total. The van der Waals surface area contributed by atoms with E-state index in [2.05, 4.69) is 22.1 Å². The zero-order chi connectivity index (χ0) is 20.8. The van der Waals surface area contributed by atoms with E-state index < -0.39 is 24.0 Å². The second-order valence-corrected chi connectivity index (χ2v) is 7.79. The van der Waals surface area contributed by atoms with Gasteiger partial charge in [-0.15, -0.1) is 0 Å². The highest BCUT2D eigenvalue weighted by atomic mass is 16.4. The van der Waals surface area contributed by atoms with Gasteiger partial charge in [0.15, 0.2) is 6.04 Å². The first-order valence-corrected chi connectivity index (χ1v) is 10.2. The van der Waals surface area contributed by atoms with Crippen molar-refractivity contribution in [2.45, 2.75) is 57.5 Å². The van der Waals surface area contributed by atoms with Gasteiger partial charge in [0.2, 0.25) is 11.8 Å². The van der Waals surface area contributed by atoms with Crippen molar-refractivity contribution in [1.82, 2.24) is 15.2 Å². The average molecular weight is 397 g/mol. The van der Waals surface area contributed by atoms with Crippen molar-refractivity contribution in [3.05, 3.63) is 30.1 Å². The molecule has 3 rings (SSSR count). The Hall–Kier alpha value is -2.88. The molecule has 0 radical (unpaired) electrons. The molecular weight excluding hydrogens is 370 g/mol. The van der Waals surface area contributed by atoms with Crippen LogP contribution in [0.3, 0.4) is 0 Å². The van der Waals surface area contributed by atoms with Crippen molar-refractivity contribution in [3.8, 4) is 11.8 Å². The average Bonchev–Trinajstić information content (AvgIpc) is 3.52. The molecule has 0 aromatic carbocycles. The fraction of sp³-hybridized carbons (Fsp3) is 0.545. The number of hydrogen-bond donors (Lipinski definition) is 2. The van der Waals surface area contributed by atoms with Crippen LogP contribution >= 0.6 is 0 Å². The summed E-state index contributed by atoms with van der Waals surface area (Å²) in [7, 11) is 0. The third-order valence-corrected chi connectivity index (χ3v) is 5.40. The van der Waals surface area contributed by atoms with E-state index in [1.54, 1.807) is 17.3 Å². The van der Waals surface area contributed by atoms with Crippen LogP contribution in [0.5, 0.6) is 0 Å². The summed E-state index contributed by atoms with van der Waals surface area (Å²) in [5, 5.41) is 12.2. The summed E-state index contributed by atoms with van der Waals surface area (Å²) < 4.78 is 0. The molecule has 3 atom stereocenters. The van der Waals surface area contributed by atoms with Gasteiger partial charge in [-0.25, -0.2) is 4.79 Å². The van der Waals surface area contributed by atoms with Gasteiger partial charge in [0.25, 0.3) is 0 Å². The molecule has 2 amide bonds. The second kappa shape index (κ2) is 9.55. The first kappa shape index (κ1) is 20.8. The molecule has 2 aliphatic rings. The molecule has 2 heterocycles. The molecule has 7 heteroatoms. The normalized spacial score (nSPS) is 20.9. The number of carbonyl (C=O) groups excluding carboxylic acids is 2. The summed E-state index contributed by atoms with van der Waals surface area (Å²) in [4.78, 5) is 42.2. The number of likely N-dealkylation sites (tertiary alicyclic amines) is 1. The maximum atomic E-state index is 13.2. The molecule has 2 fully saturated rings. The first-order chi connectivity index (χ1) is 14.0. The zero-order valence-electron chi connectivity index (χ0n) is 16.6. The minimum absolute atomic E-state index is 0.0722. The summed E-state index contributed by atoms with van der Waals surface area (Å²) in [5.74, 6) is 4.50. The lowest BCUT2D eigenvalue weighted by Gasteiger charge is -2.38. The van der Waals surface area contributed by atoms with Crippen molar-refractivity contribution >= 4 is 17.8 Å². The Balaban J connectivity index is 1.76. The fourth-order valence-electron chi connectivity index (χ4n) is 3.68. The van der Waals surface area contributed by atoms with Crippen LogP contribution in [-0.4, -0.2) is 51.4 Å². The van der Waals surface area contributed by atoms with E-state index in [1.165, 1.54) is 6.92 Å². The van der Waals surface area contributed by atoms with Gasteiger partial charge in [-0.1, -0.05) is 11.8 Å². The highest BCUT2D eigenvalue weighted by molar-refractivity contribution is 5.86. The van der Waals surface area contributed by atoms with Gasteiger partial charge in [-0.05, 0) is 56.2 Å². The molecule has 1 aromatic rings. The molecule has 1 aromatic heterocycles. The number of rotatable bonds is 7. The quantitative estimate of drug-likeness (QED) is 0.681. The van der Waals surface area contributed by atoms with Crippen LogP contribution in [0, 0.1) is 23.7 Å². The zero-order valence-corrected chi connectivity index (χ0v) is 16.6. The molecule has 1 aliphatic carbocycles. The predicted molar refractivity (Wildman–Crippen MR) is 107 cm³/mol. The highest BCUT2D eigenvalue weighted by Crippen LogP contribution is 2.29. The highest BCUT2D eigenvalue weighted by Gasteiger charge is 2.39. The third-order valence-electron chi connectivity index (χ3n) is 5.40. The topological polar surface area (TPSA) is 99.6 Å². The van der Waals surface area contributed by atoms with Gasteiger partial charge in [0.1, 0.15) is 6.04 Å². The number of carboxylic acid groups (broad SMARTS) is 1. The first-order valence-electron chi connectivity index (χ1n) is 10.2. The second-order valence-electron chi connectivity index (χ2n) is 7.79. The van der Waals surface area contributed by atoms with Crippen LogP contribution in [0.15, 0.2) is 24.5 Å². The Morgan fingerprint density at radius 2 is 2.03 bits per heavy atom. The molecule has 29 heavy (non-hydrogen) atoms. The number of aliphatic carboxylic acids is 1. The van der Waals surface area contributed by atoms with Crippen molar-refractivity contribution in [2.75, 3.05) is 6.54 Å². The van der Waals surface area contributed by atoms with Gasteiger partial charge in [0, 0.05) is 37.7 Å². The van der Waals surface area contributed by atoms with Crippen molar-refractivity contribution in [3.63, 3.8) is 0 Å². The number of aryl methyl sites for hydroxylation is 1.